The molecule has 0 bridgehead atoms. The number of carbonyl (C=O) groups is 2. The average molecular weight is 518 g/mol. The van der Waals surface area contributed by atoms with E-state index in [0.717, 1.165) is 11.8 Å². The summed E-state index contributed by atoms with van der Waals surface area (Å²) in [5.41, 5.74) is 1.55. The minimum Gasteiger partial charge on any atom is -0.497 e. The van der Waals surface area contributed by atoms with Gasteiger partial charge >= 0.3 is 0 Å². The van der Waals surface area contributed by atoms with Gasteiger partial charge in [-0.25, -0.2) is 8.42 Å². The number of rotatable bonds is 14. The van der Waals surface area contributed by atoms with Crippen LogP contribution in [-0.4, -0.2) is 64.2 Å². The van der Waals surface area contributed by atoms with Crippen molar-refractivity contribution in [2.75, 3.05) is 37.3 Å². The molecule has 0 saturated heterocycles. The summed E-state index contributed by atoms with van der Waals surface area (Å²) in [6.07, 6.45) is 2.19. The summed E-state index contributed by atoms with van der Waals surface area (Å²) < 4.78 is 31.4. The van der Waals surface area contributed by atoms with Gasteiger partial charge in [0.25, 0.3) is 0 Å². The van der Waals surface area contributed by atoms with E-state index in [1.165, 1.54) is 11.4 Å². The summed E-state index contributed by atoms with van der Waals surface area (Å²) in [5.74, 6) is 0.468. The topological polar surface area (TPSA) is 96.0 Å². The Balaban J connectivity index is 2.11. The van der Waals surface area contributed by atoms with Crippen LogP contribution in [0.15, 0.2) is 54.6 Å². The van der Waals surface area contributed by atoms with Gasteiger partial charge in [-0.05, 0) is 43.4 Å². The number of ether oxygens (including phenoxy) is 1. The second-order valence-electron chi connectivity index (χ2n) is 9.28. The lowest BCUT2D eigenvalue weighted by atomic mass is 10.1. The van der Waals surface area contributed by atoms with Crippen LogP contribution in [0.2, 0.25) is 0 Å². The largest absolute Gasteiger partial charge is 0.497 e. The first-order valence-electron chi connectivity index (χ1n) is 12.3. The Morgan fingerprint density at radius 2 is 1.69 bits per heavy atom. The van der Waals surface area contributed by atoms with E-state index in [2.05, 4.69) is 5.32 Å². The number of anilines is 1. The van der Waals surface area contributed by atoms with E-state index in [9.17, 15) is 18.0 Å². The summed E-state index contributed by atoms with van der Waals surface area (Å²) in [6, 6.07) is 16.0. The van der Waals surface area contributed by atoms with Crippen molar-refractivity contribution in [1.82, 2.24) is 10.2 Å². The molecule has 0 saturated carbocycles. The lowest BCUT2D eigenvalue weighted by molar-refractivity contribution is -0.140. The molecule has 0 fully saturated rings. The van der Waals surface area contributed by atoms with Crippen LogP contribution in [0.25, 0.3) is 0 Å². The Morgan fingerprint density at radius 3 is 2.31 bits per heavy atom. The minimum absolute atomic E-state index is 0.118. The Labute approximate surface area is 215 Å². The zero-order chi connectivity index (χ0) is 26.7. The number of hydrogen-bond donors (Lipinski definition) is 1. The zero-order valence-corrected chi connectivity index (χ0v) is 22.8. The van der Waals surface area contributed by atoms with Gasteiger partial charge in [0.15, 0.2) is 0 Å². The van der Waals surface area contributed by atoms with E-state index in [4.69, 9.17) is 4.74 Å². The summed E-state index contributed by atoms with van der Waals surface area (Å²) >= 11 is 0. The Hall–Kier alpha value is -3.07. The number of nitrogens with one attached hydrogen (secondary N) is 1. The molecule has 8 nitrogen and oxygen atoms in total. The molecular weight excluding hydrogens is 478 g/mol. The monoisotopic (exact) mass is 517 g/mol. The van der Waals surface area contributed by atoms with E-state index < -0.39 is 16.1 Å². The summed E-state index contributed by atoms with van der Waals surface area (Å²) in [5, 5.41) is 2.91. The van der Waals surface area contributed by atoms with Crippen LogP contribution in [0.3, 0.4) is 0 Å². The van der Waals surface area contributed by atoms with E-state index in [1.54, 1.807) is 36.1 Å². The first kappa shape index (κ1) is 29.2. The molecule has 36 heavy (non-hydrogen) atoms. The van der Waals surface area contributed by atoms with Crippen LogP contribution in [0.5, 0.6) is 5.75 Å². The molecule has 0 spiro atoms. The molecule has 2 aromatic carbocycles. The Bertz CT molecular complexity index is 1090. The molecule has 2 aromatic rings. The van der Waals surface area contributed by atoms with Gasteiger partial charge < -0.3 is 15.0 Å². The molecule has 2 amide bonds. The average Bonchev–Trinajstić information content (AvgIpc) is 2.84. The van der Waals surface area contributed by atoms with Gasteiger partial charge in [0.1, 0.15) is 11.8 Å². The normalized spacial score (nSPS) is 12.2. The smallest absolute Gasteiger partial charge is 0.242 e. The van der Waals surface area contributed by atoms with Gasteiger partial charge in [-0.3, -0.25) is 13.9 Å². The Kier molecular flexibility index (Phi) is 11.2. The molecule has 9 heteroatoms. The Morgan fingerprint density at radius 1 is 1.00 bits per heavy atom. The summed E-state index contributed by atoms with van der Waals surface area (Å²) in [7, 11) is -2.05. The van der Waals surface area contributed by atoms with Crippen LogP contribution in [0.1, 0.15) is 39.2 Å². The molecule has 0 aliphatic rings. The van der Waals surface area contributed by atoms with Gasteiger partial charge in [0, 0.05) is 32.1 Å². The number of nitrogens with zero attached hydrogens (tertiary/aromatic N) is 2. The van der Waals surface area contributed by atoms with Gasteiger partial charge in [-0.2, -0.15) is 0 Å². The third-order valence-electron chi connectivity index (χ3n) is 5.83. The van der Waals surface area contributed by atoms with Gasteiger partial charge in [0.05, 0.1) is 19.1 Å². The molecule has 0 aliphatic heterocycles. The first-order valence-corrected chi connectivity index (χ1v) is 14.1. The van der Waals surface area contributed by atoms with Crippen molar-refractivity contribution < 1.29 is 22.7 Å². The molecule has 0 aliphatic carbocycles. The van der Waals surface area contributed by atoms with Gasteiger partial charge in [0.2, 0.25) is 21.8 Å². The molecule has 2 rings (SSSR count). The molecule has 1 atom stereocenters. The molecule has 1 N–H and O–H groups in total. The predicted octanol–water partition coefficient (Wildman–Crippen LogP) is 3.47. The highest BCUT2D eigenvalue weighted by Gasteiger charge is 2.26. The summed E-state index contributed by atoms with van der Waals surface area (Å²) in [4.78, 5) is 27.6. The van der Waals surface area contributed by atoms with Gasteiger partial charge in [-0.15, -0.1) is 0 Å². The minimum atomic E-state index is -3.56. The van der Waals surface area contributed by atoms with Crippen molar-refractivity contribution in [2.45, 2.75) is 46.1 Å². The number of amides is 2. The van der Waals surface area contributed by atoms with Crippen LogP contribution < -0.4 is 14.4 Å². The zero-order valence-electron chi connectivity index (χ0n) is 21.9. The van der Waals surface area contributed by atoms with E-state index in [0.29, 0.717) is 43.3 Å². The molecular formula is C27H39N3O5S. The maximum absolute atomic E-state index is 13.3. The summed E-state index contributed by atoms with van der Waals surface area (Å²) in [6.45, 7) is 6.83. The van der Waals surface area contributed by atoms with E-state index >= 15 is 0 Å². The van der Waals surface area contributed by atoms with Gasteiger partial charge in [-0.1, -0.05) is 50.2 Å². The third-order valence-corrected chi connectivity index (χ3v) is 7.02. The fourth-order valence-electron chi connectivity index (χ4n) is 3.79. The van der Waals surface area contributed by atoms with Crippen molar-refractivity contribution >= 4 is 27.5 Å². The molecule has 0 radical (unpaired) electrons. The fourth-order valence-corrected chi connectivity index (χ4v) is 4.75. The highest BCUT2D eigenvalue weighted by molar-refractivity contribution is 7.92. The second kappa shape index (κ2) is 13.9. The molecule has 0 unspecified atom stereocenters. The third kappa shape index (κ3) is 9.18. The SMILES string of the molecule is COc1cccc(N(CCCC(=O)N(CCc2ccccc2)[C@H](C)C(=O)NCC(C)C)S(C)(=O)=O)c1. The van der Waals surface area contributed by atoms with Crippen LogP contribution in [0, 0.1) is 5.92 Å². The standard InChI is InChI=1S/C27H39N3O5S/c1-21(2)20-28-27(32)22(3)29(18-16-23-11-7-6-8-12-23)26(31)15-10-17-30(36(5,33)34)24-13-9-14-25(19-24)35-4/h6-9,11-14,19,21-22H,10,15-18,20H2,1-5H3,(H,28,32)/t22-/m1/s1. The number of methoxy groups -OCH3 is 1. The quantitative estimate of drug-likeness (QED) is 0.414. The van der Waals surface area contributed by atoms with Crippen molar-refractivity contribution in [2.24, 2.45) is 5.92 Å². The highest BCUT2D eigenvalue weighted by atomic mass is 32.2. The highest BCUT2D eigenvalue weighted by Crippen LogP contribution is 2.23. The molecule has 0 aromatic heterocycles. The second-order valence-corrected chi connectivity index (χ2v) is 11.2. The predicted molar refractivity (Wildman–Crippen MR) is 144 cm³/mol. The molecule has 0 heterocycles. The maximum atomic E-state index is 13.3. The van der Waals surface area contributed by atoms with Crippen LogP contribution in [-0.2, 0) is 26.0 Å². The van der Waals surface area contributed by atoms with Crippen molar-refractivity contribution in [3.8, 4) is 5.75 Å². The maximum Gasteiger partial charge on any atom is 0.242 e. The van der Waals surface area contributed by atoms with Crippen molar-refractivity contribution in [1.29, 1.82) is 0 Å². The number of benzene rings is 2. The lowest BCUT2D eigenvalue weighted by Gasteiger charge is -2.29. The van der Waals surface area contributed by atoms with Crippen LogP contribution >= 0.6 is 0 Å². The fraction of sp³-hybridized carbons (Fsp3) is 0.481. The van der Waals surface area contributed by atoms with E-state index in [1.807, 2.05) is 44.2 Å². The first-order chi connectivity index (χ1) is 17.0. The number of carbonyl (C=O) groups excluding carboxylic acids is 2. The molecule has 198 valence electrons. The van der Waals surface area contributed by atoms with E-state index in [-0.39, 0.29) is 24.8 Å². The lowest BCUT2D eigenvalue weighted by Crippen LogP contribution is -2.49. The number of sulfonamides is 1. The van der Waals surface area contributed by atoms with Crippen molar-refractivity contribution in [3.63, 3.8) is 0 Å². The van der Waals surface area contributed by atoms with Crippen LogP contribution in [0.4, 0.5) is 5.69 Å². The number of hydrogen-bond acceptors (Lipinski definition) is 5. The van der Waals surface area contributed by atoms with Crippen molar-refractivity contribution in [3.05, 3.63) is 60.2 Å².